The van der Waals surface area contributed by atoms with Crippen LogP contribution < -0.4 is 10.6 Å². The van der Waals surface area contributed by atoms with E-state index in [9.17, 15) is 18.0 Å². The molecule has 0 bridgehead atoms. The summed E-state index contributed by atoms with van der Waals surface area (Å²) in [4.78, 5) is 24.5. The topological polar surface area (TPSA) is 95.6 Å². The second-order valence-electron chi connectivity index (χ2n) is 8.25. The Kier molecular flexibility index (Phi) is 7.69. The quantitative estimate of drug-likeness (QED) is 0.664. The molecule has 3 rings (SSSR count). The summed E-state index contributed by atoms with van der Waals surface area (Å²) in [6, 6.07) is 14.1. The molecule has 1 unspecified atom stereocenters. The number of amides is 2. The molecule has 0 radical (unpaired) electrons. The Morgan fingerprint density at radius 2 is 1.62 bits per heavy atom. The molecule has 8 heteroatoms. The molecular formula is C24H31N3O4S. The van der Waals surface area contributed by atoms with Crippen molar-refractivity contribution in [1.29, 1.82) is 0 Å². The van der Waals surface area contributed by atoms with Crippen LogP contribution in [0.3, 0.4) is 0 Å². The predicted octanol–water partition coefficient (Wildman–Crippen LogP) is 3.62. The molecular weight excluding hydrogens is 426 g/mol. The summed E-state index contributed by atoms with van der Waals surface area (Å²) >= 11 is 0. The van der Waals surface area contributed by atoms with Crippen molar-refractivity contribution in [3.05, 3.63) is 59.7 Å². The Morgan fingerprint density at radius 3 is 2.19 bits per heavy atom. The SMILES string of the molecule is CCC(=O)Nc1ccc(C(C)NC(=O)C2CCN(S(=O)(=O)c3ccc(C)cc3)CC2)cc1. The minimum absolute atomic E-state index is 0.0464. The molecule has 1 aliphatic rings. The van der Waals surface area contributed by atoms with E-state index in [-0.39, 0.29) is 28.7 Å². The molecule has 1 aliphatic heterocycles. The molecule has 7 nitrogen and oxygen atoms in total. The summed E-state index contributed by atoms with van der Waals surface area (Å²) in [6.45, 7) is 6.28. The fraction of sp³-hybridized carbons (Fsp3) is 0.417. The minimum atomic E-state index is -3.54. The molecule has 2 aromatic rings. The number of carbonyl (C=O) groups excluding carboxylic acids is 2. The summed E-state index contributed by atoms with van der Waals surface area (Å²) in [7, 11) is -3.54. The van der Waals surface area contributed by atoms with Crippen LogP contribution in [0.1, 0.15) is 50.3 Å². The Bertz CT molecular complexity index is 1040. The fourth-order valence-corrected chi connectivity index (χ4v) is 5.21. The van der Waals surface area contributed by atoms with Crippen LogP contribution in [-0.4, -0.2) is 37.6 Å². The van der Waals surface area contributed by atoms with Gasteiger partial charge in [-0.25, -0.2) is 8.42 Å². The number of aryl methyl sites for hydroxylation is 1. The number of nitrogens with one attached hydrogen (secondary N) is 2. The van der Waals surface area contributed by atoms with E-state index in [0.717, 1.165) is 16.8 Å². The molecule has 2 N–H and O–H groups in total. The number of benzene rings is 2. The van der Waals surface area contributed by atoms with E-state index in [1.54, 1.807) is 31.2 Å². The van der Waals surface area contributed by atoms with E-state index in [1.807, 2.05) is 38.1 Å². The zero-order valence-electron chi connectivity index (χ0n) is 18.8. The standard InChI is InChI=1S/C24H31N3O4S/c1-4-23(28)26-21-9-7-19(8-10-21)18(3)25-24(29)20-13-15-27(16-14-20)32(30,31)22-11-5-17(2)6-12-22/h5-12,18,20H,4,13-16H2,1-3H3,(H,25,29)(H,26,28). The van der Waals surface area contributed by atoms with Gasteiger partial charge in [-0.1, -0.05) is 36.8 Å². The van der Waals surface area contributed by atoms with Gasteiger partial charge in [0.1, 0.15) is 0 Å². The number of nitrogens with zero attached hydrogens (tertiary/aromatic N) is 1. The smallest absolute Gasteiger partial charge is 0.243 e. The first kappa shape index (κ1) is 23.9. The lowest BCUT2D eigenvalue weighted by atomic mass is 9.96. The van der Waals surface area contributed by atoms with Crippen molar-refractivity contribution >= 4 is 27.5 Å². The zero-order valence-corrected chi connectivity index (χ0v) is 19.6. The van der Waals surface area contributed by atoms with E-state index in [2.05, 4.69) is 10.6 Å². The molecule has 1 fully saturated rings. The molecule has 0 aromatic heterocycles. The highest BCUT2D eigenvalue weighted by Gasteiger charge is 2.32. The number of anilines is 1. The summed E-state index contributed by atoms with van der Waals surface area (Å²) in [5.74, 6) is -0.326. The largest absolute Gasteiger partial charge is 0.349 e. The summed E-state index contributed by atoms with van der Waals surface area (Å²) in [5.41, 5.74) is 2.67. The maximum absolute atomic E-state index is 12.9. The molecule has 0 saturated carbocycles. The monoisotopic (exact) mass is 457 g/mol. The minimum Gasteiger partial charge on any atom is -0.349 e. The summed E-state index contributed by atoms with van der Waals surface area (Å²) in [6.07, 6.45) is 1.40. The van der Waals surface area contributed by atoms with Crippen molar-refractivity contribution in [3.8, 4) is 0 Å². The number of carbonyl (C=O) groups is 2. The van der Waals surface area contributed by atoms with E-state index in [0.29, 0.717) is 32.4 Å². The highest BCUT2D eigenvalue weighted by atomic mass is 32.2. The van der Waals surface area contributed by atoms with Crippen LogP contribution in [0.5, 0.6) is 0 Å². The third-order valence-corrected chi connectivity index (χ3v) is 7.77. The van der Waals surface area contributed by atoms with Gasteiger partial charge in [0.15, 0.2) is 0 Å². The average molecular weight is 458 g/mol. The molecule has 0 aliphatic carbocycles. The normalized spacial score (nSPS) is 16.3. The van der Waals surface area contributed by atoms with Crippen molar-refractivity contribution in [3.63, 3.8) is 0 Å². The summed E-state index contributed by atoms with van der Waals surface area (Å²) in [5, 5.41) is 5.84. The molecule has 1 heterocycles. The molecule has 0 spiro atoms. The van der Waals surface area contributed by atoms with Crippen LogP contribution in [-0.2, 0) is 19.6 Å². The van der Waals surface area contributed by atoms with Gasteiger partial charge < -0.3 is 10.6 Å². The Labute approximate surface area is 190 Å². The van der Waals surface area contributed by atoms with Gasteiger partial charge in [0.2, 0.25) is 21.8 Å². The van der Waals surface area contributed by atoms with Crippen LogP contribution in [0.25, 0.3) is 0 Å². The van der Waals surface area contributed by atoms with Gasteiger partial charge in [-0.15, -0.1) is 0 Å². The first-order chi connectivity index (χ1) is 15.2. The van der Waals surface area contributed by atoms with Crippen molar-refractivity contribution in [2.45, 2.75) is 51.0 Å². The van der Waals surface area contributed by atoms with Gasteiger partial charge in [-0.05, 0) is 56.5 Å². The Hall–Kier alpha value is -2.71. The van der Waals surface area contributed by atoms with Gasteiger partial charge in [-0.2, -0.15) is 4.31 Å². The molecule has 1 saturated heterocycles. The van der Waals surface area contributed by atoms with Crippen LogP contribution in [0.4, 0.5) is 5.69 Å². The maximum atomic E-state index is 12.9. The second-order valence-corrected chi connectivity index (χ2v) is 10.2. The van der Waals surface area contributed by atoms with Crippen LogP contribution in [0.2, 0.25) is 0 Å². The van der Waals surface area contributed by atoms with Gasteiger partial charge in [-0.3, -0.25) is 9.59 Å². The van der Waals surface area contributed by atoms with E-state index in [4.69, 9.17) is 0 Å². The number of sulfonamides is 1. The third-order valence-electron chi connectivity index (χ3n) is 5.86. The Morgan fingerprint density at radius 1 is 1.03 bits per heavy atom. The van der Waals surface area contributed by atoms with Gasteiger partial charge in [0.05, 0.1) is 10.9 Å². The molecule has 2 amide bonds. The lowest BCUT2D eigenvalue weighted by molar-refractivity contribution is -0.126. The lowest BCUT2D eigenvalue weighted by Crippen LogP contribution is -2.43. The second kappa shape index (κ2) is 10.3. The van der Waals surface area contributed by atoms with Crippen molar-refractivity contribution in [1.82, 2.24) is 9.62 Å². The van der Waals surface area contributed by atoms with Crippen LogP contribution in [0, 0.1) is 12.8 Å². The zero-order chi connectivity index (χ0) is 23.3. The first-order valence-corrected chi connectivity index (χ1v) is 12.4. The number of rotatable bonds is 7. The van der Waals surface area contributed by atoms with Gasteiger partial charge in [0, 0.05) is 31.1 Å². The summed E-state index contributed by atoms with van der Waals surface area (Å²) < 4.78 is 27.2. The highest BCUT2D eigenvalue weighted by Crippen LogP contribution is 2.25. The Balaban J connectivity index is 1.54. The van der Waals surface area contributed by atoms with Crippen LogP contribution in [0.15, 0.2) is 53.4 Å². The van der Waals surface area contributed by atoms with E-state index in [1.165, 1.54) is 4.31 Å². The number of hydrogen-bond acceptors (Lipinski definition) is 4. The molecule has 2 aromatic carbocycles. The van der Waals surface area contributed by atoms with Gasteiger partial charge >= 0.3 is 0 Å². The predicted molar refractivity (Wildman–Crippen MR) is 125 cm³/mol. The van der Waals surface area contributed by atoms with Crippen molar-refractivity contribution < 1.29 is 18.0 Å². The van der Waals surface area contributed by atoms with E-state index >= 15 is 0 Å². The molecule has 32 heavy (non-hydrogen) atoms. The molecule has 172 valence electrons. The average Bonchev–Trinajstić information content (AvgIpc) is 2.79. The third kappa shape index (κ3) is 5.75. The highest BCUT2D eigenvalue weighted by molar-refractivity contribution is 7.89. The number of piperidine rings is 1. The molecule has 1 atom stereocenters. The first-order valence-electron chi connectivity index (χ1n) is 11.0. The fourth-order valence-electron chi connectivity index (χ4n) is 3.74. The lowest BCUT2D eigenvalue weighted by Gasteiger charge is -2.31. The number of hydrogen-bond donors (Lipinski definition) is 2. The van der Waals surface area contributed by atoms with Gasteiger partial charge in [0.25, 0.3) is 0 Å². The van der Waals surface area contributed by atoms with Crippen molar-refractivity contribution in [2.75, 3.05) is 18.4 Å². The maximum Gasteiger partial charge on any atom is 0.243 e. The van der Waals surface area contributed by atoms with Crippen molar-refractivity contribution in [2.24, 2.45) is 5.92 Å². The van der Waals surface area contributed by atoms with E-state index < -0.39 is 10.0 Å². The van der Waals surface area contributed by atoms with Crippen LogP contribution >= 0.6 is 0 Å².